The Morgan fingerprint density at radius 3 is 3.11 bits per heavy atom. The van der Waals surface area contributed by atoms with E-state index in [2.05, 4.69) is 15.0 Å². The lowest BCUT2D eigenvalue weighted by atomic mass is 9.76. The van der Waals surface area contributed by atoms with Gasteiger partial charge in [-0.3, -0.25) is 9.69 Å². The number of rotatable bonds is 5. The molecule has 0 radical (unpaired) electrons. The second-order valence-electron chi connectivity index (χ2n) is 5.00. The van der Waals surface area contributed by atoms with Crippen LogP contribution in [-0.2, 0) is 11.3 Å². The molecule has 1 N–H and O–H groups in total. The highest BCUT2D eigenvalue weighted by Crippen LogP contribution is 2.35. The molecule has 2 rings (SSSR count). The standard InChI is InChI=1S/C12H19N3O3/c1-2-4-12(11(16)17)5-3-6-15(8-12)7-10-13-9-18-14-10/h9H,2-8H2,1H3,(H,16,17). The van der Waals surface area contributed by atoms with Crippen LogP contribution >= 0.6 is 0 Å². The van der Waals surface area contributed by atoms with Gasteiger partial charge in [-0.15, -0.1) is 0 Å². The molecule has 6 nitrogen and oxygen atoms in total. The van der Waals surface area contributed by atoms with Gasteiger partial charge in [-0.05, 0) is 25.8 Å². The van der Waals surface area contributed by atoms with Crippen molar-refractivity contribution in [3.8, 4) is 0 Å². The average molecular weight is 253 g/mol. The van der Waals surface area contributed by atoms with Crippen LogP contribution in [0.4, 0.5) is 0 Å². The minimum Gasteiger partial charge on any atom is -0.481 e. The Labute approximate surface area is 106 Å². The van der Waals surface area contributed by atoms with Crippen molar-refractivity contribution in [2.45, 2.75) is 39.2 Å². The predicted molar refractivity (Wildman–Crippen MR) is 63.8 cm³/mol. The molecular formula is C12H19N3O3. The molecule has 2 heterocycles. The number of carboxylic acids is 1. The van der Waals surface area contributed by atoms with E-state index in [1.165, 1.54) is 6.39 Å². The summed E-state index contributed by atoms with van der Waals surface area (Å²) in [5.74, 6) is -0.0603. The molecule has 1 aliphatic rings. The van der Waals surface area contributed by atoms with Gasteiger partial charge in [0.2, 0.25) is 6.39 Å². The van der Waals surface area contributed by atoms with E-state index >= 15 is 0 Å². The first-order valence-electron chi connectivity index (χ1n) is 6.37. The fourth-order valence-corrected chi connectivity index (χ4v) is 2.79. The molecule has 0 amide bonds. The van der Waals surface area contributed by atoms with Crippen molar-refractivity contribution in [3.63, 3.8) is 0 Å². The first kappa shape index (κ1) is 13.0. The van der Waals surface area contributed by atoms with Gasteiger partial charge in [0.05, 0.1) is 12.0 Å². The summed E-state index contributed by atoms with van der Waals surface area (Å²) >= 11 is 0. The normalized spacial score (nSPS) is 25.2. The Bertz CT molecular complexity index is 389. The molecule has 18 heavy (non-hydrogen) atoms. The highest BCUT2D eigenvalue weighted by atomic mass is 16.5. The third kappa shape index (κ3) is 2.69. The third-order valence-corrected chi connectivity index (χ3v) is 3.61. The van der Waals surface area contributed by atoms with Crippen LogP contribution in [-0.4, -0.2) is 39.2 Å². The van der Waals surface area contributed by atoms with Crippen LogP contribution < -0.4 is 0 Å². The van der Waals surface area contributed by atoms with E-state index in [-0.39, 0.29) is 0 Å². The average Bonchev–Trinajstić information content (AvgIpc) is 2.82. The van der Waals surface area contributed by atoms with Crippen LogP contribution in [0.2, 0.25) is 0 Å². The summed E-state index contributed by atoms with van der Waals surface area (Å²) in [6.07, 6.45) is 4.59. The lowest BCUT2D eigenvalue weighted by Crippen LogP contribution is -2.47. The molecule has 0 bridgehead atoms. The number of nitrogens with zero attached hydrogens (tertiary/aromatic N) is 3. The second-order valence-corrected chi connectivity index (χ2v) is 5.00. The van der Waals surface area contributed by atoms with Crippen molar-refractivity contribution < 1.29 is 14.4 Å². The van der Waals surface area contributed by atoms with Gasteiger partial charge in [0.15, 0.2) is 5.82 Å². The minimum atomic E-state index is -0.679. The Balaban J connectivity index is 2.04. The Hall–Kier alpha value is -1.43. The molecule has 1 atom stereocenters. The molecule has 1 unspecified atom stereocenters. The van der Waals surface area contributed by atoms with Crippen molar-refractivity contribution in [1.29, 1.82) is 0 Å². The smallest absolute Gasteiger partial charge is 0.310 e. The summed E-state index contributed by atoms with van der Waals surface area (Å²) in [7, 11) is 0. The summed E-state index contributed by atoms with van der Waals surface area (Å²) < 4.78 is 4.70. The van der Waals surface area contributed by atoms with Gasteiger partial charge in [0.25, 0.3) is 0 Å². The van der Waals surface area contributed by atoms with Crippen LogP contribution in [0, 0.1) is 5.41 Å². The number of aliphatic carboxylic acids is 1. The van der Waals surface area contributed by atoms with E-state index in [4.69, 9.17) is 4.52 Å². The fourth-order valence-electron chi connectivity index (χ4n) is 2.79. The summed E-state index contributed by atoms with van der Waals surface area (Å²) in [6, 6.07) is 0. The van der Waals surface area contributed by atoms with Crippen molar-refractivity contribution in [1.82, 2.24) is 15.0 Å². The van der Waals surface area contributed by atoms with Crippen LogP contribution in [0.3, 0.4) is 0 Å². The second kappa shape index (κ2) is 5.48. The highest BCUT2D eigenvalue weighted by Gasteiger charge is 2.41. The van der Waals surface area contributed by atoms with E-state index in [0.717, 1.165) is 32.2 Å². The lowest BCUT2D eigenvalue weighted by Gasteiger charge is -2.39. The topological polar surface area (TPSA) is 79.5 Å². The molecule has 100 valence electrons. The van der Waals surface area contributed by atoms with E-state index in [1.54, 1.807) is 0 Å². The Kier molecular flexibility index (Phi) is 3.96. The summed E-state index contributed by atoms with van der Waals surface area (Å²) in [6.45, 7) is 4.07. The molecule has 1 aromatic heterocycles. The zero-order valence-electron chi connectivity index (χ0n) is 10.6. The van der Waals surface area contributed by atoms with Gasteiger partial charge >= 0.3 is 5.97 Å². The number of likely N-dealkylation sites (tertiary alicyclic amines) is 1. The largest absolute Gasteiger partial charge is 0.481 e. The van der Waals surface area contributed by atoms with Crippen LogP contribution in [0.25, 0.3) is 0 Å². The Morgan fingerprint density at radius 1 is 1.67 bits per heavy atom. The molecule has 0 spiro atoms. The number of hydrogen-bond donors (Lipinski definition) is 1. The molecule has 1 saturated heterocycles. The third-order valence-electron chi connectivity index (χ3n) is 3.61. The van der Waals surface area contributed by atoms with Crippen molar-refractivity contribution in [2.24, 2.45) is 5.41 Å². The molecule has 1 fully saturated rings. The number of aromatic nitrogens is 2. The maximum Gasteiger partial charge on any atom is 0.310 e. The zero-order valence-corrected chi connectivity index (χ0v) is 10.6. The van der Waals surface area contributed by atoms with E-state index in [0.29, 0.717) is 18.9 Å². The summed E-state index contributed by atoms with van der Waals surface area (Å²) in [5, 5.41) is 13.3. The highest BCUT2D eigenvalue weighted by molar-refractivity contribution is 5.75. The molecule has 1 aromatic rings. The number of piperidine rings is 1. The minimum absolute atomic E-state index is 0.565. The van der Waals surface area contributed by atoms with Gasteiger partial charge in [0, 0.05) is 6.54 Å². The summed E-state index contributed by atoms with van der Waals surface area (Å²) in [5.41, 5.74) is -0.600. The van der Waals surface area contributed by atoms with Crippen molar-refractivity contribution in [2.75, 3.05) is 13.1 Å². The van der Waals surface area contributed by atoms with Gasteiger partial charge in [-0.1, -0.05) is 18.5 Å². The van der Waals surface area contributed by atoms with Gasteiger partial charge in [0.1, 0.15) is 0 Å². The van der Waals surface area contributed by atoms with Crippen LogP contribution in [0.1, 0.15) is 38.4 Å². The number of carboxylic acid groups (broad SMARTS) is 1. The van der Waals surface area contributed by atoms with Crippen molar-refractivity contribution >= 4 is 5.97 Å². The van der Waals surface area contributed by atoms with Crippen LogP contribution in [0.15, 0.2) is 10.9 Å². The molecule has 6 heteroatoms. The zero-order chi connectivity index (χ0) is 13.0. The molecular weight excluding hydrogens is 234 g/mol. The van der Waals surface area contributed by atoms with Crippen molar-refractivity contribution in [3.05, 3.63) is 12.2 Å². The van der Waals surface area contributed by atoms with Crippen LogP contribution in [0.5, 0.6) is 0 Å². The predicted octanol–water partition coefficient (Wildman–Crippen LogP) is 1.54. The molecule has 0 aliphatic carbocycles. The number of hydrogen-bond acceptors (Lipinski definition) is 5. The first-order chi connectivity index (χ1) is 8.66. The van der Waals surface area contributed by atoms with E-state index < -0.39 is 11.4 Å². The monoisotopic (exact) mass is 253 g/mol. The first-order valence-corrected chi connectivity index (χ1v) is 6.37. The molecule has 0 saturated carbocycles. The van der Waals surface area contributed by atoms with E-state index in [9.17, 15) is 9.90 Å². The SMILES string of the molecule is CCCC1(C(=O)O)CCCN(Cc2ncon2)C1. The van der Waals surface area contributed by atoms with Gasteiger partial charge < -0.3 is 9.63 Å². The quantitative estimate of drug-likeness (QED) is 0.857. The molecule has 0 aromatic carbocycles. The summed E-state index contributed by atoms with van der Waals surface area (Å²) in [4.78, 5) is 17.6. The fraction of sp³-hybridized carbons (Fsp3) is 0.750. The maximum atomic E-state index is 11.5. The van der Waals surface area contributed by atoms with Gasteiger partial charge in [-0.2, -0.15) is 4.98 Å². The lowest BCUT2D eigenvalue weighted by molar-refractivity contribution is -0.153. The Morgan fingerprint density at radius 2 is 2.50 bits per heavy atom. The molecule has 1 aliphatic heterocycles. The van der Waals surface area contributed by atoms with Gasteiger partial charge in [-0.25, -0.2) is 0 Å². The number of carbonyl (C=O) groups is 1. The van der Waals surface area contributed by atoms with E-state index in [1.807, 2.05) is 6.92 Å². The maximum absolute atomic E-state index is 11.5.